The van der Waals surface area contributed by atoms with Crippen LogP contribution in [0.1, 0.15) is 15.9 Å². The van der Waals surface area contributed by atoms with Crippen LogP contribution in [0.3, 0.4) is 0 Å². The maximum absolute atomic E-state index is 12.0. The van der Waals surface area contributed by atoms with Gasteiger partial charge in [0, 0.05) is 17.7 Å². The van der Waals surface area contributed by atoms with Gasteiger partial charge in [-0.3, -0.25) is 9.35 Å². The van der Waals surface area contributed by atoms with Crippen LogP contribution in [-0.4, -0.2) is 18.8 Å². The zero-order valence-electron chi connectivity index (χ0n) is 10.5. The monoisotopic (exact) mass is 291 g/mol. The van der Waals surface area contributed by atoms with Gasteiger partial charge in [0.05, 0.1) is 4.90 Å². The van der Waals surface area contributed by atoms with Crippen molar-refractivity contribution in [2.24, 2.45) is 0 Å². The van der Waals surface area contributed by atoms with Crippen LogP contribution >= 0.6 is 0 Å². The van der Waals surface area contributed by atoms with Gasteiger partial charge in [-0.15, -0.1) is 0 Å². The minimum absolute atomic E-state index is 0.0930. The van der Waals surface area contributed by atoms with Crippen LogP contribution in [0.15, 0.2) is 53.4 Å². The van der Waals surface area contributed by atoms with E-state index in [0.717, 1.165) is 0 Å². The molecule has 20 heavy (non-hydrogen) atoms. The molecule has 6 heteroatoms. The van der Waals surface area contributed by atoms with Crippen molar-refractivity contribution < 1.29 is 17.8 Å². The Bertz CT molecular complexity index is 719. The van der Waals surface area contributed by atoms with Crippen molar-refractivity contribution in [2.75, 3.05) is 5.73 Å². The van der Waals surface area contributed by atoms with Gasteiger partial charge in [0.1, 0.15) is 0 Å². The summed E-state index contributed by atoms with van der Waals surface area (Å²) in [7, 11) is -4.20. The van der Waals surface area contributed by atoms with Gasteiger partial charge in [0.15, 0.2) is 5.78 Å². The van der Waals surface area contributed by atoms with Gasteiger partial charge < -0.3 is 5.73 Å². The maximum Gasteiger partial charge on any atom is 0.294 e. The Morgan fingerprint density at radius 3 is 2.05 bits per heavy atom. The second-order valence-corrected chi connectivity index (χ2v) is 5.76. The largest absolute Gasteiger partial charge is 0.399 e. The lowest BCUT2D eigenvalue weighted by atomic mass is 10.0. The molecule has 0 unspecified atom stereocenters. The fourth-order valence-electron chi connectivity index (χ4n) is 1.74. The number of nitrogens with two attached hydrogens (primary N) is 1. The van der Waals surface area contributed by atoms with E-state index in [1.165, 1.54) is 24.3 Å². The molecule has 0 aromatic heterocycles. The number of rotatable bonds is 4. The molecule has 2 aromatic carbocycles. The lowest BCUT2D eigenvalue weighted by Crippen LogP contribution is -2.04. The van der Waals surface area contributed by atoms with Crippen LogP contribution in [0.2, 0.25) is 0 Å². The van der Waals surface area contributed by atoms with Crippen molar-refractivity contribution in [3.63, 3.8) is 0 Å². The Balaban J connectivity index is 2.14. The molecule has 2 rings (SSSR count). The molecule has 5 nitrogen and oxygen atoms in total. The fraction of sp³-hybridized carbons (Fsp3) is 0.0714. The normalized spacial score (nSPS) is 11.2. The molecule has 0 saturated carbocycles. The highest BCUT2D eigenvalue weighted by Gasteiger charge is 2.10. The first-order valence-electron chi connectivity index (χ1n) is 5.81. The third kappa shape index (κ3) is 3.43. The summed E-state index contributed by atoms with van der Waals surface area (Å²) in [6, 6.07) is 12.1. The van der Waals surface area contributed by atoms with Gasteiger partial charge in [-0.1, -0.05) is 12.1 Å². The van der Waals surface area contributed by atoms with E-state index < -0.39 is 10.1 Å². The lowest BCUT2D eigenvalue weighted by Gasteiger charge is -2.03. The molecule has 0 atom stereocenters. The molecule has 0 aliphatic rings. The summed E-state index contributed by atoms with van der Waals surface area (Å²) in [6.07, 6.45) is 0.148. The van der Waals surface area contributed by atoms with Gasteiger partial charge in [-0.05, 0) is 42.0 Å². The molecule has 0 spiro atoms. The summed E-state index contributed by atoms with van der Waals surface area (Å²) < 4.78 is 30.7. The highest BCUT2D eigenvalue weighted by molar-refractivity contribution is 7.85. The van der Waals surface area contributed by atoms with E-state index in [0.29, 0.717) is 16.8 Å². The van der Waals surface area contributed by atoms with Gasteiger partial charge in [0.25, 0.3) is 10.1 Å². The minimum atomic E-state index is -4.20. The SMILES string of the molecule is Nc1ccc(C(=O)Cc2ccc(S(=O)(=O)O)cc2)cc1. The Morgan fingerprint density at radius 1 is 1.00 bits per heavy atom. The number of ketones is 1. The van der Waals surface area contributed by atoms with Crippen molar-refractivity contribution >= 4 is 21.6 Å². The number of Topliss-reactive ketones (excluding diaryl/α,β-unsaturated/α-hetero) is 1. The summed E-state index contributed by atoms with van der Waals surface area (Å²) in [6.45, 7) is 0. The molecule has 0 aliphatic carbocycles. The lowest BCUT2D eigenvalue weighted by molar-refractivity contribution is 0.0993. The smallest absolute Gasteiger partial charge is 0.294 e. The number of anilines is 1. The predicted molar refractivity (Wildman–Crippen MR) is 75.1 cm³/mol. The van der Waals surface area contributed by atoms with Crippen LogP contribution in [0.4, 0.5) is 5.69 Å². The molecule has 0 bridgehead atoms. The van der Waals surface area contributed by atoms with Gasteiger partial charge in [-0.25, -0.2) is 0 Å². The third-order valence-corrected chi connectivity index (χ3v) is 3.69. The topological polar surface area (TPSA) is 97.5 Å². The van der Waals surface area contributed by atoms with Crippen molar-refractivity contribution in [1.29, 1.82) is 0 Å². The van der Waals surface area contributed by atoms with Crippen molar-refractivity contribution in [1.82, 2.24) is 0 Å². The Labute approximate surface area is 116 Å². The average Bonchev–Trinajstić information content (AvgIpc) is 2.39. The minimum Gasteiger partial charge on any atom is -0.399 e. The molecule has 104 valence electrons. The van der Waals surface area contributed by atoms with Crippen molar-refractivity contribution in [3.8, 4) is 0 Å². The van der Waals surface area contributed by atoms with E-state index in [9.17, 15) is 13.2 Å². The average molecular weight is 291 g/mol. The van der Waals surface area contributed by atoms with Crippen LogP contribution in [-0.2, 0) is 16.5 Å². The molecule has 0 fully saturated rings. The van der Waals surface area contributed by atoms with E-state index >= 15 is 0 Å². The number of carbonyl (C=O) groups excluding carboxylic acids is 1. The van der Waals surface area contributed by atoms with Crippen LogP contribution in [0.25, 0.3) is 0 Å². The van der Waals surface area contributed by atoms with E-state index in [-0.39, 0.29) is 17.1 Å². The molecule has 3 N–H and O–H groups in total. The van der Waals surface area contributed by atoms with Crippen LogP contribution in [0, 0.1) is 0 Å². The van der Waals surface area contributed by atoms with E-state index in [1.807, 2.05) is 0 Å². The van der Waals surface area contributed by atoms with E-state index in [2.05, 4.69) is 0 Å². The quantitative estimate of drug-likeness (QED) is 0.509. The first-order valence-corrected chi connectivity index (χ1v) is 7.25. The molecule has 0 saturated heterocycles. The highest BCUT2D eigenvalue weighted by Crippen LogP contribution is 2.13. The first-order chi connectivity index (χ1) is 9.36. The standard InChI is InChI=1S/C14H13NO4S/c15-12-5-3-11(4-6-12)14(16)9-10-1-7-13(8-2-10)20(17,18)19/h1-8H,9,15H2,(H,17,18,19). The zero-order valence-corrected chi connectivity index (χ0v) is 11.3. The summed E-state index contributed by atoms with van der Waals surface area (Å²) in [4.78, 5) is 11.8. The Hall–Kier alpha value is -2.18. The summed E-state index contributed by atoms with van der Waals surface area (Å²) in [5.74, 6) is -0.0930. The second kappa shape index (κ2) is 5.44. The predicted octanol–water partition coefficient (Wildman–Crippen LogP) is 1.94. The van der Waals surface area contributed by atoms with Crippen molar-refractivity contribution in [3.05, 3.63) is 59.7 Å². The Kier molecular flexibility index (Phi) is 3.87. The highest BCUT2D eigenvalue weighted by atomic mass is 32.2. The molecule has 2 aromatic rings. The Morgan fingerprint density at radius 2 is 1.55 bits per heavy atom. The second-order valence-electron chi connectivity index (χ2n) is 4.34. The molecular formula is C14H13NO4S. The first kappa shape index (κ1) is 14.2. The van der Waals surface area contributed by atoms with Crippen LogP contribution < -0.4 is 5.73 Å². The molecule has 0 amide bonds. The van der Waals surface area contributed by atoms with E-state index in [1.54, 1.807) is 24.3 Å². The number of carbonyl (C=O) groups is 1. The molecule has 0 heterocycles. The zero-order chi connectivity index (χ0) is 14.8. The summed E-state index contributed by atoms with van der Waals surface area (Å²) in [5.41, 5.74) is 7.33. The summed E-state index contributed by atoms with van der Waals surface area (Å²) >= 11 is 0. The maximum atomic E-state index is 12.0. The van der Waals surface area contributed by atoms with Crippen molar-refractivity contribution in [2.45, 2.75) is 11.3 Å². The van der Waals surface area contributed by atoms with Gasteiger partial charge >= 0.3 is 0 Å². The molecular weight excluding hydrogens is 278 g/mol. The van der Waals surface area contributed by atoms with Gasteiger partial charge in [0.2, 0.25) is 0 Å². The summed E-state index contributed by atoms with van der Waals surface area (Å²) in [5, 5.41) is 0. The number of nitrogen functional groups attached to an aromatic ring is 1. The molecule has 0 aliphatic heterocycles. The number of hydrogen-bond donors (Lipinski definition) is 2. The van der Waals surface area contributed by atoms with E-state index in [4.69, 9.17) is 10.3 Å². The molecule has 0 radical (unpaired) electrons. The fourth-order valence-corrected chi connectivity index (χ4v) is 2.22. The van der Waals surface area contributed by atoms with Crippen LogP contribution in [0.5, 0.6) is 0 Å². The number of hydrogen-bond acceptors (Lipinski definition) is 4. The van der Waals surface area contributed by atoms with Gasteiger partial charge in [-0.2, -0.15) is 8.42 Å². The number of benzene rings is 2. The third-order valence-electron chi connectivity index (χ3n) is 2.82.